The monoisotopic (exact) mass is 365 g/mol. The van der Waals surface area contributed by atoms with E-state index in [-0.39, 0.29) is 17.8 Å². The first-order valence-corrected chi connectivity index (χ1v) is 9.86. The molecule has 1 N–H and O–H groups in total. The van der Waals surface area contributed by atoms with Gasteiger partial charge in [-0.3, -0.25) is 4.79 Å². The Kier molecular flexibility index (Phi) is 6.23. The number of thioether (sulfide) groups is 1. The van der Waals surface area contributed by atoms with E-state index in [0.29, 0.717) is 13.0 Å². The maximum Gasteiger partial charge on any atom is 0.222 e. The first kappa shape index (κ1) is 17.4. The third kappa shape index (κ3) is 4.78. The van der Waals surface area contributed by atoms with Gasteiger partial charge in [0.15, 0.2) is 0 Å². The number of benzene rings is 1. The van der Waals surface area contributed by atoms with Crippen LogP contribution in [-0.4, -0.2) is 40.7 Å². The van der Waals surface area contributed by atoms with E-state index in [2.05, 4.69) is 10.3 Å². The second kappa shape index (κ2) is 8.60. The number of thiazole rings is 1. The van der Waals surface area contributed by atoms with Crippen LogP contribution in [0.3, 0.4) is 0 Å². The molecule has 24 heavy (non-hydrogen) atoms. The van der Waals surface area contributed by atoms with Gasteiger partial charge in [0, 0.05) is 49.4 Å². The second-order valence-electron chi connectivity index (χ2n) is 5.69. The summed E-state index contributed by atoms with van der Waals surface area (Å²) in [5.41, 5.74) is 0.921. The fraction of sp³-hybridized carbons (Fsp3) is 0.412. The van der Waals surface area contributed by atoms with Crippen molar-refractivity contribution in [1.29, 1.82) is 0 Å². The summed E-state index contributed by atoms with van der Waals surface area (Å²) in [4.78, 5) is 18.3. The highest BCUT2D eigenvalue weighted by molar-refractivity contribution is 8.01. The quantitative estimate of drug-likeness (QED) is 0.730. The summed E-state index contributed by atoms with van der Waals surface area (Å²) in [6.07, 6.45) is 3.30. The molecule has 1 saturated heterocycles. The van der Waals surface area contributed by atoms with Gasteiger partial charge in [-0.25, -0.2) is 9.37 Å². The first-order valence-electron chi connectivity index (χ1n) is 7.99. The van der Waals surface area contributed by atoms with E-state index in [9.17, 15) is 9.18 Å². The van der Waals surface area contributed by atoms with Crippen LogP contribution < -0.4 is 5.32 Å². The summed E-state index contributed by atoms with van der Waals surface area (Å²) >= 11 is 3.32. The van der Waals surface area contributed by atoms with Crippen molar-refractivity contribution in [2.24, 2.45) is 0 Å². The van der Waals surface area contributed by atoms with Gasteiger partial charge in [-0.15, -0.1) is 11.3 Å². The Balaban J connectivity index is 1.44. The Morgan fingerprint density at radius 3 is 3.17 bits per heavy atom. The number of hydrogen-bond donors (Lipinski definition) is 1. The largest absolute Gasteiger partial charge is 0.338 e. The Morgan fingerprint density at radius 1 is 1.46 bits per heavy atom. The van der Waals surface area contributed by atoms with Gasteiger partial charge in [0.05, 0.1) is 0 Å². The zero-order chi connectivity index (χ0) is 16.8. The molecule has 1 atom stereocenters. The number of nitrogens with one attached hydrogen (secondary N) is 1. The molecule has 2 heterocycles. The van der Waals surface area contributed by atoms with Crippen molar-refractivity contribution < 1.29 is 9.18 Å². The lowest BCUT2D eigenvalue weighted by Crippen LogP contribution is -2.41. The molecule has 4 nitrogen and oxygen atoms in total. The molecule has 1 aliphatic heterocycles. The van der Waals surface area contributed by atoms with Gasteiger partial charge in [-0.1, -0.05) is 23.9 Å². The summed E-state index contributed by atoms with van der Waals surface area (Å²) in [6, 6.07) is 6.82. The van der Waals surface area contributed by atoms with Gasteiger partial charge in [0.2, 0.25) is 5.91 Å². The fourth-order valence-electron chi connectivity index (χ4n) is 2.86. The number of carbonyl (C=O) groups excluding carboxylic acids is 1. The number of likely N-dealkylation sites (tertiary alicyclic amines) is 1. The standard InChI is InChI=1S/C17H20FN3OS2/c18-14-3-1-2-13(10-14)11-19-12-15-4-5-16(22)21(15)7-9-24-17-20-6-8-23-17/h1-3,6,8,10,15,19H,4-5,7,9,11-12H2/t15-/m1/s1. The van der Waals surface area contributed by atoms with E-state index in [4.69, 9.17) is 0 Å². The third-order valence-electron chi connectivity index (χ3n) is 4.02. The number of carbonyl (C=O) groups is 1. The minimum Gasteiger partial charge on any atom is -0.338 e. The van der Waals surface area contributed by atoms with Crippen LogP contribution in [0.15, 0.2) is 40.2 Å². The molecule has 1 aliphatic rings. The highest BCUT2D eigenvalue weighted by Crippen LogP contribution is 2.23. The van der Waals surface area contributed by atoms with Crippen LogP contribution in [0.4, 0.5) is 4.39 Å². The number of nitrogens with zero attached hydrogens (tertiary/aromatic N) is 2. The van der Waals surface area contributed by atoms with Gasteiger partial charge in [-0.05, 0) is 24.1 Å². The Hall–Kier alpha value is -1.44. The lowest BCUT2D eigenvalue weighted by Gasteiger charge is -2.25. The average molecular weight is 365 g/mol. The predicted molar refractivity (Wildman–Crippen MR) is 95.7 cm³/mol. The van der Waals surface area contributed by atoms with Crippen LogP contribution >= 0.6 is 23.1 Å². The minimum absolute atomic E-state index is 0.216. The number of hydrogen-bond acceptors (Lipinski definition) is 5. The molecular formula is C17H20FN3OS2. The second-order valence-corrected chi connectivity index (χ2v) is 7.92. The Bertz CT molecular complexity index is 666. The summed E-state index contributed by atoms with van der Waals surface area (Å²) in [7, 11) is 0. The van der Waals surface area contributed by atoms with Crippen molar-refractivity contribution in [1.82, 2.24) is 15.2 Å². The maximum atomic E-state index is 13.2. The molecule has 128 valence electrons. The fourth-order valence-corrected chi connectivity index (χ4v) is 4.50. The minimum atomic E-state index is -0.216. The van der Waals surface area contributed by atoms with Crippen LogP contribution in [0.2, 0.25) is 0 Å². The molecule has 1 aromatic carbocycles. The molecule has 1 aromatic heterocycles. The van der Waals surface area contributed by atoms with E-state index < -0.39 is 0 Å². The van der Waals surface area contributed by atoms with Crippen LogP contribution in [-0.2, 0) is 11.3 Å². The zero-order valence-electron chi connectivity index (χ0n) is 13.3. The van der Waals surface area contributed by atoms with Crippen molar-refractivity contribution >= 4 is 29.0 Å². The topological polar surface area (TPSA) is 45.2 Å². The summed E-state index contributed by atoms with van der Waals surface area (Å²) in [6.45, 7) is 2.10. The number of rotatable bonds is 8. The number of aromatic nitrogens is 1. The van der Waals surface area contributed by atoms with Crippen molar-refractivity contribution in [3.05, 3.63) is 47.2 Å². The zero-order valence-corrected chi connectivity index (χ0v) is 14.9. The van der Waals surface area contributed by atoms with Crippen molar-refractivity contribution in [2.75, 3.05) is 18.8 Å². The molecule has 3 rings (SSSR count). The van der Waals surface area contributed by atoms with E-state index in [0.717, 1.165) is 35.2 Å². The van der Waals surface area contributed by atoms with Gasteiger partial charge in [0.1, 0.15) is 10.2 Å². The summed E-state index contributed by atoms with van der Waals surface area (Å²) in [5, 5.41) is 5.31. The average Bonchev–Trinajstić information content (AvgIpc) is 3.19. The van der Waals surface area contributed by atoms with Crippen molar-refractivity contribution in [2.45, 2.75) is 29.8 Å². The molecule has 0 spiro atoms. The van der Waals surface area contributed by atoms with Crippen LogP contribution in [0.5, 0.6) is 0 Å². The maximum absolute atomic E-state index is 13.2. The van der Waals surface area contributed by atoms with E-state index in [1.807, 2.05) is 16.3 Å². The van der Waals surface area contributed by atoms with E-state index in [1.165, 1.54) is 12.1 Å². The molecule has 2 aromatic rings. The molecule has 0 radical (unpaired) electrons. The van der Waals surface area contributed by atoms with Crippen LogP contribution in [0.25, 0.3) is 0 Å². The van der Waals surface area contributed by atoms with Crippen molar-refractivity contribution in [3.63, 3.8) is 0 Å². The lowest BCUT2D eigenvalue weighted by atomic mass is 10.2. The molecule has 7 heteroatoms. The Labute approximate surface area is 149 Å². The number of amides is 1. The summed E-state index contributed by atoms with van der Waals surface area (Å²) in [5.74, 6) is 0.873. The van der Waals surface area contributed by atoms with Gasteiger partial charge < -0.3 is 10.2 Å². The smallest absolute Gasteiger partial charge is 0.222 e. The summed E-state index contributed by atoms with van der Waals surface area (Å²) < 4.78 is 14.2. The Morgan fingerprint density at radius 2 is 2.38 bits per heavy atom. The van der Waals surface area contributed by atoms with Crippen LogP contribution in [0, 0.1) is 5.82 Å². The van der Waals surface area contributed by atoms with Gasteiger partial charge in [0.25, 0.3) is 0 Å². The SMILES string of the molecule is O=C1CC[C@H](CNCc2cccc(F)c2)N1CCSc1nccs1. The molecule has 0 saturated carbocycles. The molecule has 1 amide bonds. The molecule has 0 bridgehead atoms. The van der Waals surface area contributed by atoms with Crippen molar-refractivity contribution in [3.8, 4) is 0 Å². The molecule has 0 aliphatic carbocycles. The van der Waals surface area contributed by atoms with E-state index in [1.54, 1.807) is 35.4 Å². The third-order valence-corrected chi connectivity index (χ3v) is 5.96. The number of halogens is 1. The van der Waals surface area contributed by atoms with Crippen LogP contribution in [0.1, 0.15) is 18.4 Å². The molecule has 0 unspecified atom stereocenters. The molecule has 1 fully saturated rings. The van der Waals surface area contributed by atoms with E-state index >= 15 is 0 Å². The highest BCUT2D eigenvalue weighted by Gasteiger charge is 2.30. The normalized spacial score (nSPS) is 17.6. The lowest BCUT2D eigenvalue weighted by molar-refractivity contribution is -0.128. The highest BCUT2D eigenvalue weighted by atomic mass is 32.2. The molecular weight excluding hydrogens is 345 g/mol. The first-order chi connectivity index (χ1) is 11.7. The van der Waals surface area contributed by atoms with Gasteiger partial charge >= 0.3 is 0 Å². The van der Waals surface area contributed by atoms with Gasteiger partial charge in [-0.2, -0.15) is 0 Å². The predicted octanol–water partition coefficient (Wildman–Crippen LogP) is 3.16.